The highest BCUT2D eigenvalue weighted by Gasteiger charge is 2.19. The molecule has 1 aromatic heterocycles. The largest absolute Gasteiger partial charge is 0.344 e. The van der Waals surface area contributed by atoms with Crippen LogP contribution in [0.3, 0.4) is 0 Å². The van der Waals surface area contributed by atoms with Gasteiger partial charge in [0.15, 0.2) is 0 Å². The number of hydrogen-bond acceptors (Lipinski definition) is 1. The molecule has 0 unspecified atom stereocenters. The summed E-state index contributed by atoms with van der Waals surface area (Å²) in [5.74, 6) is 0. The number of rotatable bonds is 8. The SMILES string of the molecule is C=C(C)SC(=C\C=C/C)/C(=C\CC)c1c(C)n(CCC)c2ccccc12. The fourth-order valence-corrected chi connectivity index (χ4v) is 4.18. The number of fused-ring (bicyclic) bond motifs is 1. The van der Waals surface area contributed by atoms with Gasteiger partial charge in [-0.15, -0.1) is 0 Å². The summed E-state index contributed by atoms with van der Waals surface area (Å²) in [5, 5.41) is 1.34. The van der Waals surface area contributed by atoms with E-state index in [4.69, 9.17) is 0 Å². The van der Waals surface area contributed by atoms with Crippen LogP contribution < -0.4 is 0 Å². The molecule has 0 aliphatic carbocycles. The minimum absolute atomic E-state index is 1.01. The van der Waals surface area contributed by atoms with Crippen molar-refractivity contribution in [3.8, 4) is 0 Å². The fraction of sp³-hybridized carbons (Fsp3) is 0.333. The summed E-state index contributed by atoms with van der Waals surface area (Å²) in [7, 11) is 0. The molecule has 0 N–H and O–H groups in total. The van der Waals surface area contributed by atoms with Crippen LogP contribution in [0.2, 0.25) is 0 Å². The van der Waals surface area contributed by atoms with Gasteiger partial charge in [0.05, 0.1) is 0 Å². The lowest BCUT2D eigenvalue weighted by molar-refractivity contribution is 0.685. The Balaban J connectivity index is 2.77. The molecule has 1 heterocycles. The molecular formula is C24H31NS. The van der Waals surface area contributed by atoms with Gasteiger partial charge in [0.25, 0.3) is 0 Å². The van der Waals surface area contributed by atoms with E-state index in [1.165, 1.54) is 32.6 Å². The quantitative estimate of drug-likeness (QED) is 0.431. The molecule has 0 aliphatic rings. The molecule has 0 radical (unpaired) electrons. The second-order valence-corrected chi connectivity index (χ2v) is 7.86. The van der Waals surface area contributed by atoms with Gasteiger partial charge in [-0.3, -0.25) is 0 Å². The average molecular weight is 366 g/mol. The van der Waals surface area contributed by atoms with Crippen molar-refractivity contribution >= 4 is 28.2 Å². The molecule has 0 saturated carbocycles. The maximum absolute atomic E-state index is 4.12. The lowest BCUT2D eigenvalue weighted by Crippen LogP contribution is -2.00. The van der Waals surface area contributed by atoms with Gasteiger partial charge in [-0.05, 0) is 56.2 Å². The van der Waals surface area contributed by atoms with Crippen molar-refractivity contribution in [2.24, 2.45) is 0 Å². The Morgan fingerprint density at radius 1 is 1.23 bits per heavy atom. The summed E-state index contributed by atoms with van der Waals surface area (Å²) in [6.07, 6.45) is 10.9. The first kappa shape index (κ1) is 20.4. The third-order valence-electron chi connectivity index (χ3n) is 4.35. The zero-order chi connectivity index (χ0) is 19.1. The highest BCUT2D eigenvalue weighted by molar-refractivity contribution is 8.07. The van der Waals surface area contributed by atoms with Gasteiger partial charge in [0.2, 0.25) is 0 Å². The Hall–Kier alpha value is -1.93. The molecule has 1 aromatic carbocycles. The summed E-state index contributed by atoms with van der Waals surface area (Å²) in [4.78, 5) is 2.37. The van der Waals surface area contributed by atoms with E-state index in [0.29, 0.717) is 0 Å². The molecule has 0 amide bonds. The minimum Gasteiger partial charge on any atom is -0.344 e. The molecule has 2 heteroatoms. The predicted molar refractivity (Wildman–Crippen MR) is 121 cm³/mol. The van der Waals surface area contributed by atoms with E-state index in [1.54, 1.807) is 11.8 Å². The van der Waals surface area contributed by atoms with Crippen LogP contribution in [0, 0.1) is 6.92 Å². The van der Waals surface area contributed by atoms with Crippen molar-refractivity contribution < 1.29 is 0 Å². The normalized spacial score (nSPS) is 13.1. The topological polar surface area (TPSA) is 4.93 Å². The molecule has 2 rings (SSSR count). The molecule has 0 spiro atoms. The number of hydrogen-bond donors (Lipinski definition) is 0. The van der Waals surface area contributed by atoms with Crippen LogP contribution >= 0.6 is 11.8 Å². The third kappa shape index (κ3) is 4.42. The van der Waals surface area contributed by atoms with Gasteiger partial charge >= 0.3 is 0 Å². The highest BCUT2D eigenvalue weighted by Crippen LogP contribution is 2.41. The van der Waals surface area contributed by atoms with Gasteiger partial charge in [-0.1, -0.05) is 68.6 Å². The summed E-state index contributed by atoms with van der Waals surface area (Å²) in [6.45, 7) is 16.0. The number of para-hydroxylation sites is 1. The fourth-order valence-electron chi connectivity index (χ4n) is 3.36. The first-order chi connectivity index (χ1) is 12.5. The van der Waals surface area contributed by atoms with E-state index in [9.17, 15) is 0 Å². The van der Waals surface area contributed by atoms with Crippen LogP contribution in [0.25, 0.3) is 16.5 Å². The monoisotopic (exact) mass is 365 g/mol. The molecular weight excluding hydrogens is 334 g/mol. The number of nitrogens with zero attached hydrogens (tertiary/aromatic N) is 1. The number of allylic oxidation sites excluding steroid dienone is 6. The molecule has 138 valence electrons. The van der Waals surface area contributed by atoms with E-state index < -0.39 is 0 Å². The first-order valence-corrected chi connectivity index (χ1v) is 10.3. The van der Waals surface area contributed by atoms with Crippen LogP contribution in [0.1, 0.15) is 51.8 Å². The van der Waals surface area contributed by atoms with E-state index in [2.05, 4.69) is 94.3 Å². The smallest absolute Gasteiger partial charge is 0.0488 e. The second-order valence-electron chi connectivity index (χ2n) is 6.52. The van der Waals surface area contributed by atoms with E-state index in [-0.39, 0.29) is 0 Å². The van der Waals surface area contributed by atoms with Crippen molar-refractivity contribution in [3.63, 3.8) is 0 Å². The Morgan fingerprint density at radius 2 is 1.96 bits per heavy atom. The summed E-state index contributed by atoms with van der Waals surface area (Å²) >= 11 is 1.76. The highest BCUT2D eigenvalue weighted by atomic mass is 32.2. The number of aromatic nitrogens is 1. The lowest BCUT2D eigenvalue weighted by Gasteiger charge is -2.14. The van der Waals surface area contributed by atoms with Crippen LogP contribution in [0.4, 0.5) is 0 Å². The molecule has 0 fully saturated rings. The zero-order valence-electron chi connectivity index (χ0n) is 16.8. The van der Waals surface area contributed by atoms with Crippen molar-refractivity contribution in [1.29, 1.82) is 0 Å². The molecule has 0 atom stereocenters. The van der Waals surface area contributed by atoms with Crippen LogP contribution in [0.15, 0.2) is 65.0 Å². The van der Waals surface area contributed by atoms with Crippen LogP contribution in [-0.4, -0.2) is 4.57 Å². The maximum atomic E-state index is 4.12. The van der Waals surface area contributed by atoms with Gasteiger partial charge in [0.1, 0.15) is 0 Å². The van der Waals surface area contributed by atoms with Crippen LogP contribution in [0.5, 0.6) is 0 Å². The van der Waals surface area contributed by atoms with Crippen LogP contribution in [-0.2, 0) is 6.54 Å². The number of benzene rings is 1. The Bertz CT molecular complexity index is 862. The van der Waals surface area contributed by atoms with Crippen molar-refractivity contribution in [1.82, 2.24) is 4.57 Å². The maximum Gasteiger partial charge on any atom is 0.0488 e. The second kappa shape index (κ2) is 9.68. The van der Waals surface area contributed by atoms with E-state index in [0.717, 1.165) is 24.3 Å². The van der Waals surface area contributed by atoms with Gasteiger partial charge in [-0.2, -0.15) is 0 Å². The third-order valence-corrected chi connectivity index (χ3v) is 5.27. The molecule has 26 heavy (non-hydrogen) atoms. The van der Waals surface area contributed by atoms with Gasteiger partial charge in [-0.25, -0.2) is 0 Å². The van der Waals surface area contributed by atoms with Crippen molar-refractivity contribution in [2.45, 2.75) is 54.0 Å². The summed E-state index contributed by atoms with van der Waals surface area (Å²) in [5.41, 5.74) is 5.36. The Kier molecular flexibility index (Phi) is 7.59. The zero-order valence-corrected chi connectivity index (χ0v) is 17.6. The van der Waals surface area contributed by atoms with Crippen molar-refractivity contribution in [2.75, 3.05) is 0 Å². The minimum atomic E-state index is 1.01. The lowest BCUT2D eigenvalue weighted by atomic mass is 10.00. The van der Waals surface area contributed by atoms with E-state index >= 15 is 0 Å². The standard InChI is InChI=1S/C24H31NS/c1-7-10-16-23(26-18(4)5)21(13-8-2)24-19(6)25(17-9-3)22-15-12-11-14-20(22)24/h7,10-16H,4,8-9,17H2,1-3,5-6H3/b10-7-,21-13+,23-16-. The molecule has 2 aromatic rings. The van der Waals surface area contributed by atoms with Gasteiger partial charge < -0.3 is 4.57 Å². The molecule has 0 aliphatic heterocycles. The number of thioether (sulfide) groups is 1. The summed E-state index contributed by atoms with van der Waals surface area (Å²) < 4.78 is 2.47. The molecule has 1 nitrogen and oxygen atoms in total. The predicted octanol–water partition coefficient (Wildman–Crippen LogP) is 7.88. The number of aryl methyl sites for hydroxylation is 1. The summed E-state index contributed by atoms with van der Waals surface area (Å²) in [6, 6.07) is 8.78. The molecule has 0 bridgehead atoms. The van der Waals surface area contributed by atoms with Crippen molar-refractivity contribution in [3.05, 3.63) is 76.2 Å². The first-order valence-electron chi connectivity index (χ1n) is 9.50. The average Bonchev–Trinajstić information content (AvgIpc) is 2.89. The Labute approximate surface area is 163 Å². The van der Waals surface area contributed by atoms with E-state index in [1.807, 2.05) is 0 Å². The molecule has 0 saturated heterocycles. The Morgan fingerprint density at radius 3 is 2.58 bits per heavy atom. The van der Waals surface area contributed by atoms with Gasteiger partial charge in [0, 0.05) is 33.6 Å².